The van der Waals surface area contributed by atoms with Crippen LogP contribution in [0.2, 0.25) is 0 Å². The molecule has 1 rings (SSSR count). The molecule has 0 bridgehead atoms. The van der Waals surface area contributed by atoms with E-state index in [0.717, 1.165) is 25.7 Å². The van der Waals surface area contributed by atoms with Crippen molar-refractivity contribution < 1.29 is 14.6 Å². The van der Waals surface area contributed by atoms with Crippen molar-refractivity contribution in [2.24, 2.45) is 0 Å². The smallest absolute Gasteiger partial charge is 0.135 e. The van der Waals surface area contributed by atoms with Crippen LogP contribution in [0.1, 0.15) is 65.2 Å². The molecule has 0 radical (unpaired) electrons. The minimum absolute atomic E-state index is 0.0393. The van der Waals surface area contributed by atoms with Gasteiger partial charge in [0.25, 0.3) is 0 Å². The topological polar surface area (TPSA) is 46.5 Å². The lowest BCUT2D eigenvalue weighted by Crippen LogP contribution is -2.39. The molecule has 0 spiro atoms. The fourth-order valence-corrected chi connectivity index (χ4v) is 2.35. The Morgan fingerprint density at radius 3 is 2.71 bits per heavy atom. The predicted octanol–water partition coefficient (Wildman–Crippen LogP) is 2.84. The molecule has 0 unspecified atom stereocenters. The van der Waals surface area contributed by atoms with Gasteiger partial charge in [-0.05, 0) is 19.3 Å². The zero-order valence-corrected chi connectivity index (χ0v) is 11.2. The molecule has 3 heteroatoms. The van der Waals surface area contributed by atoms with Crippen molar-refractivity contribution in [3.8, 4) is 0 Å². The highest BCUT2D eigenvalue weighted by atomic mass is 16.5. The minimum Gasteiger partial charge on any atom is -0.390 e. The van der Waals surface area contributed by atoms with Crippen LogP contribution in [0.4, 0.5) is 0 Å². The van der Waals surface area contributed by atoms with Gasteiger partial charge in [0.05, 0.1) is 18.3 Å². The third kappa shape index (κ3) is 5.17. The van der Waals surface area contributed by atoms with E-state index in [-0.39, 0.29) is 24.1 Å². The summed E-state index contributed by atoms with van der Waals surface area (Å²) in [5, 5.41) is 9.87. The van der Waals surface area contributed by atoms with Crippen LogP contribution in [0.15, 0.2) is 0 Å². The standard InChI is InChI=1S/C14H26O3/c1-3-5-6-7-14-13(16)9-8-12(17-14)10-11(15)4-2/h12-14,16H,3-10H2,1-2H3/t12-,13+,14-/m1/s1. The molecule has 1 saturated heterocycles. The van der Waals surface area contributed by atoms with Gasteiger partial charge in [-0.15, -0.1) is 0 Å². The molecule has 1 aliphatic rings. The molecule has 0 aliphatic carbocycles. The molecule has 0 aromatic rings. The molecule has 1 aliphatic heterocycles. The highest BCUT2D eigenvalue weighted by molar-refractivity contribution is 5.78. The van der Waals surface area contributed by atoms with Crippen molar-refractivity contribution in [2.45, 2.75) is 83.5 Å². The largest absolute Gasteiger partial charge is 0.390 e. The van der Waals surface area contributed by atoms with Gasteiger partial charge in [0.15, 0.2) is 0 Å². The molecule has 3 nitrogen and oxygen atoms in total. The van der Waals surface area contributed by atoms with Crippen LogP contribution < -0.4 is 0 Å². The van der Waals surface area contributed by atoms with Gasteiger partial charge in [-0.3, -0.25) is 4.79 Å². The van der Waals surface area contributed by atoms with E-state index in [0.29, 0.717) is 12.8 Å². The Labute approximate surface area is 105 Å². The second-order valence-electron chi connectivity index (χ2n) is 5.03. The van der Waals surface area contributed by atoms with Crippen LogP contribution in [0.5, 0.6) is 0 Å². The molecule has 3 atom stereocenters. The van der Waals surface area contributed by atoms with Gasteiger partial charge in [0.1, 0.15) is 5.78 Å². The van der Waals surface area contributed by atoms with Crippen LogP contribution >= 0.6 is 0 Å². The summed E-state index contributed by atoms with van der Waals surface area (Å²) in [6, 6.07) is 0. The van der Waals surface area contributed by atoms with Gasteiger partial charge >= 0.3 is 0 Å². The van der Waals surface area contributed by atoms with E-state index in [1.54, 1.807) is 0 Å². The van der Waals surface area contributed by atoms with E-state index in [1.807, 2.05) is 6.92 Å². The Balaban J connectivity index is 2.33. The zero-order valence-electron chi connectivity index (χ0n) is 11.2. The van der Waals surface area contributed by atoms with Gasteiger partial charge in [-0.2, -0.15) is 0 Å². The second kappa shape index (κ2) is 7.83. The fraction of sp³-hybridized carbons (Fsp3) is 0.929. The van der Waals surface area contributed by atoms with E-state index >= 15 is 0 Å². The first-order valence-corrected chi connectivity index (χ1v) is 7.02. The number of ketones is 1. The van der Waals surface area contributed by atoms with Gasteiger partial charge < -0.3 is 9.84 Å². The third-order valence-electron chi connectivity index (χ3n) is 3.52. The average Bonchev–Trinajstić information content (AvgIpc) is 2.33. The maximum atomic E-state index is 11.4. The summed E-state index contributed by atoms with van der Waals surface area (Å²) in [4.78, 5) is 11.4. The van der Waals surface area contributed by atoms with E-state index in [9.17, 15) is 9.90 Å². The number of rotatable bonds is 7. The van der Waals surface area contributed by atoms with E-state index in [4.69, 9.17) is 4.74 Å². The van der Waals surface area contributed by atoms with Gasteiger partial charge in [0, 0.05) is 12.8 Å². The zero-order chi connectivity index (χ0) is 12.7. The molecule has 17 heavy (non-hydrogen) atoms. The fourth-order valence-electron chi connectivity index (χ4n) is 2.35. The lowest BCUT2D eigenvalue weighted by atomic mass is 9.94. The highest BCUT2D eigenvalue weighted by Crippen LogP contribution is 2.25. The quantitative estimate of drug-likeness (QED) is 0.698. The number of carbonyl (C=O) groups is 1. The molecule has 0 aromatic carbocycles. The minimum atomic E-state index is -0.333. The summed E-state index contributed by atoms with van der Waals surface area (Å²) in [5.74, 6) is 0.263. The predicted molar refractivity (Wildman–Crippen MR) is 68.0 cm³/mol. The van der Waals surface area contributed by atoms with Crippen molar-refractivity contribution in [1.82, 2.24) is 0 Å². The van der Waals surface area contributed by atoms with Crippen molar-refractivity contribution in [2.75, 3.05) is 0 Å². The number of aliphatic hydroxyl groups excluding tert-OH is 1. The Kier molecular flexibility index (Phi) is 6.75. The van der Waals surface area contributed by atoms with Gasteiger partial charge in [-0.25, -0.2) is 0 Å². The summed E-state index contributed by atoms with van der Waals surface area (Å²) >= 11 is 0. The number of hydrogen-bond acceptors (Lipinski definition) is 3. The average molecular weight is 242 g/mol. The SMILES string of the molecule is CCCCC[C@H]1O[C@@H](CC(=O)CC)CC[C@@H]1O. The molecule has 1 N–H and O–H groups in total. The Morgan fingerprint density at radius 1 is 1.29 bits per heavy atom. The first-order chi connectivity index (χ1) is 8.17. The highest BCUT2D eigenvalue weighted by Gasteiger charge is 2.30. The van der Waals surface area contributed by atoms with Crippen LogP contribution in [0.25, 0.3) is 0 Å². The molecule has 100 valence electrons. The van der Waals surface area contributed by atoms with Gasteiger partial charge in [-0.1, -0.05) is 33.1 Å². The van der Waals surface area contributed by atoms with Crippen LogP contribution in [-0.2, 0) is 9.53 Å². The summed E-state index contributed by atoms with van der Waals surface area (Å²) in [5.41, 5.74) is 0. The summed E-state index contributed by atoms with van der Waals surface area (Å²) in [7, 11) is 0. The maximum Gasteiger partial charge on any atom is 0.135 e. The molecule has 0 amide bonds. The van der Waals surface area contributed by atoms with Crippen LogP contribution in [0, 0.1) is 0 Å². The van der Waals surface area contributed by atoms with Crippen LogP contribution in [0.3, 0.4) is 0 Å². The van der Waals surface area contributed by atoms with E-state index in [2.05, 4.69) is 6.92 Å². The molecule has 1 heterocycles. The second-order valence-corrected chi connectivity index (χ2v) is 5.03. The molecule has 0 aromatic heterocycles. The summed E-state index contributed by atoms with van der Waals surface area (Å²) in [6.45, 7) is 4.06. The molecular weight excluding hydrogens is 216 g/mol. The lowest BCUT2D eigenvalue weighted by molar-refractivity contribution is -0.137. The van der Waals surface area contributed by atoms with E-state index < -0.39 is 0 Å². The molecular formula is C14H26O3. The Hall–Kier alpha value is -0.410. The lowest BCUT2D eigenvalue weighted by Gasteiger charge is -2.33. The first kappa shape index (κ1) is 14.7. The number of unbranched alkanes of at least 4 members (excludes halogenated alkanes) is 2. The van der Waals surface area contributed by atoms with Crippen molar-refractivity contribution >= 4 is 5.78 Å². The number of carbonyl (C=O) groups excluding carboxylic acids is 1. The molecule has 0 saturated carbocycles. The van der Waals surface area contributed by atoms with E-state index in [1.165, 1.54) is 12.8 Å². The van der Waals surface area contributed by atoms with Gasteiger partial charge in [0.2, 0.25) is 0 Å². The van der Waals surface area contributed by atoms with Crippen molar-refractivity contribution in [1.29, 1.82) is 0 Å². The summed E-state index contributed by atoms with van der Waals surface area (Å²) in [6.07, 6.45) is 6.75. The Bertz CT molecular complexity index is 228. The number of Topliss-reactive ketones (excluding diaryl/α,β-unsaturated/α-hetero) is 1. The van der Waals surface area contributed by atoms with Crippen molar-refractivity contribution in [3.05, 3.63) is 0 Å². The van der Waals surface area contributed by atoms with Crippen LogP contribution in [-0.4, -0.2) is 29.2 Å². The number of aliphatic hydroxyl groups is 1. The Morgan fingerprint density at radius 2 is 2.06 bits per heavy atom. The maximum absolute atomic E-state index is 11.4. The number of ether oxygens (including phenoxy) is 1. The normalized spacial score (nSPS) is 29.2. The number of hydrogen-bond donors (Lipinski definition) is 1. The summed E-state index contributed by atoms with van der Waals surface area (Å²) < 4.78 is 5.85. The monoisotopic (exact) mass is 242 g/mol. The third-order valence-corrected chi connectivity index (χ3v) is 3.52. The first-order valence-electron chi connectivity index (χ1n) is 7.02. The van der Waals surface area contributed by atoms with Crippen molar-refractivity contribution in [3.63, 3.8) is 0 Å². The molecule has 1 fully saturated rings.